The highest BCUT2D eigenvalue weighted by molar-refractivity contribution is 7.85. The number of esters is 2. The summed E-state index contributed by atoms with van der Waals surface area (Å²) in [5, 5.41) is 1.74. The summed E-state index contributed by atoms with van der Waals surface area (Å²) in [7, 11) is 4.11. The van der Waals surface area contributed by atoms with Gasteiger partial charge in [0.2, 0.25) is 0 Å². The lowest BCUT2D eigenvalue weighted by atomic mass is 9.77. The van der Waals surface area contributed by atoms with E-state index in [0.717, 1.165) is 35.0 Å². The molecule has 67 heavy (non-hydrogen) atoms. The summed E-state index contributed by atoms with van der Waals surface area (Å²) in [5.41, 5.74) is 3.08. The third-order valence-corrected chi connectivity index (χ3v) is 12.1. The minimum atomic E-state index is -4.09. The Labute approximate surface area is 411 Å². The van der Waals surface area contributed by atoms with Crippen LogP contribution in [0, 0.1) is 11.8 Å². The number of fused-ring (bicyclic) bond motifs is 1. The molecule has 6 aromatic carbocycles. The Balaban J connectivity index is 0.000000510. The molecule has 0 bridgehead atoms. The fraction of sp³-hybridized carbons (Fsp3) is 0.333. The minimum absolute atomic E-state index is 0. The molecule has 0 spiro atoms. The van der Waals surface area contributed by atoms with Gasteiger partial charge in [-0.1, -0.05) is 179 Å². The number of nitrogens with zero attached hydrogens (tertiary/aromatic N) is 2. The number of halogens is 2. The smallest absolute Gasteiger partial charge is 0.306 e. The predicted octanol–water partition coefficient (Wildman–Crippen LogP) is 10.7. The largest absolute Gasteiger partial charge is 0.453 e. The van der Waals surface area contributed by atoms with Crippen molar-refractivity contribution in [1.29, 1.82) is 0 Å². The van der Waals surface area contributed by atoms with Crippen LogP contribution >= 0.6 is 24.8 Å². The second kappa shape index (κ2) is 28.9. The van der Waals surface area contributed by atoms with Crippen molar-refractivity contribution in [2.24, 2.45) is 11.8 Å². The zero-order valence-corrected chi connectivity index (χ0v) is 42.5. The number of hydrogen-bond donors (Lipinski definition) is 1. The van der Waals surface area contributed by atoms with Crippen molar-refractivity contribution in [3.8, 4) is 0 Å². The number of rotatable bonds is 17. The summed E-state index contributed by atoms with van der Waals surface area (Å²) in [6.07, 6.45) is 2.08. The zero-order chi connectivity index (χ0) is 46.8. The molecule has 0 fully saturated rings. The SMILES string of the molecule is CCC(=O)O[C@](Cc1ccccc1)(c1ccccc1)[C@H](C)CN(C)C.CCC(=O)O[C@](Cc1ccccc1)(c1ccccc1)[C@H](C)CN(C)C.Cl.Cl.O.O=S(=O)(O)c1ccc2ccccc2c1. The van der Waals surface area contributed by atoms with Crippen molar-refractivity contribution in [1.82, 2.24) is 9.80 Å². The van der Waals surface area contributed by atoms with Crippen molar-refractivity contribution in [2.75, 3.05) is 41.3 Å². The Morgan fingerprint density at radius 1 is 0.537 bits per heavy atom. The molecule has 0 unspecified atom stereocenters. The molecular formula is C54H70Cl2N2O8S. The highest BCUT2D eigenvalue weighted by Gasteiger charge is 2.43. The summed E-state index contributed by atoms with van der Waals surface area (Å²) in [6, 6.07) is 52.7. The van der Waals surface area contributed by atoms with Crippen LogP contribution in [0.3, 0.4) is 0 Å². The monoisotopic (exact) mass is 976 g/mol. The van der Waals surface area contributed by atoms with Crippen LogP contribution in [0.15, 0.2) is 169 Å². The molecule has 0 aliphatic rings. The Morgan fingerprint density at radius 2 is 0.866 bits per heavy atom. The second-order valence-electron chi connectivity index (χ2n) is 16.8. The number of benzene rings is 6. The first-order chi connectivity index (χ1) is 30.5. The Hall–Kier alpha value is -5.11. The molecule has 0 aliphatic heterocycles. The van der Waals surface area contributed by atoms with E-state index in [1.807, 2.05) is 105 Å². The van der Waals surface area contributed by atoms with Gasteiger partial charge >= 0.3 is 11.9 Å². The molecule has 0 saturated heterocycles. The maximum atomic E-state index is 12.3. The normalized spacial score (nSPS) is 13.5. The first kappa shape index (κ1) is 59.9. The number of carbonyl (C=O) groups excluding carboxylic acids is 2. The van der Waals surface area contributed by atoms with Gasteiger partial charge in [-0.3, -0.25) is 14.1 Å². The minimum Gasteiger partial charge on any atom is -0.453 e. The van der Waals surface area contributed by atoms with E-state index >= 15 is 0 Å². The van der Waals surface area contributed by atoms with Crippen molar-refractivity contribution >= 4 is 57.6 Å². The average Bonchev–Trinajstić information content (AvgIpc) is 3.29. The average molecular weight is 978 g/mol. The maximum Gasteiger partial charge on any atom is 0.306 e. The Bertz CT molecular complexity index is 2330. The fourth-order valence-electron chi connectivity index (χ4n) is 8.02. The van der Waals surface area contributed by atoms with Crippen molar-refractivity contribution < 1.29 is 37.5 Å². The second-order valence-corrected chi connectivity index (χ2v) is 18.2. The summed E-state index contributed by atoms with van der Waals surface area (Å²) in [4.78, 5) is 28.9. The predicted molar refractivity (Wildman–Crippen MR) is 277 cm³/mol. The number of hydrogen-bond acceptors (Lipinski definition) is 8. The van der Waals surface area contributed by atoms with Crippen LogP contribution in [-0.4, -0.2) is 81.5 Å². The fourth-order valence-corrected chi connectivity index (χ4v) is 8.54. The van der Waals surface area contributed by atoms with Crippen LogP contribution in [0.1, 0.15) is 62.8 Å². The van der Waals surface area contributed by atoms with E-state index in [0.29, 0.717) is 25.7 Å². The lowest BCUT2D eigenvalue weighted by Crippen LogP contribution is -2.44. The van der Waals surface area contributed by atoms with Crippen molar-refractivity contribution in [3.05, 3.63) is 186 Å². The van der Waals surface area contributed by atoms with Crippen LogP contribution in [-0.2, 0) is 53.2 Å². The van der Waals surface area contributed by atoms with E-state index in [9.17, 15) is 18.0 Å². The van der Waals surface area contributed by atoms with E-state index in [1.54, 1.807) is 12.1 Å². The van der Waals surface area contributed by atoms with Gasteiger partial charge in [0.1, 0.15) is 11.2 Å². The highest BCUT2D eigenvalue weighted by Crippen LogP contribution is 2.40. The molecule has 0 heterocycles. The molecule has 0 aliphatic carbocycles. The van der Waals surface area contributed by atoms with Gasteiger partial charge in [0, 0.05) is 50.6 Å². The van der Waals surface area contributed by atoms with Crippen LogP contribution in [0.25, 0.3) is 10.8 Å². The summed E-state index contributed by atoms with van der Waals surface area (Å²) < 4.78 is 42.8. The molecule has 0 aromatic heterocycles. The first-order valence-corrected chi connectivity index (χ1v) is 23.3. The van der Waals surface area contributed by atoms with E-state index < -0.39 is 21.3 Å². The molecule has 10 nitrogen and oxygen atoms in total. The Kier molecular flexibility index (Phi) is 25.9. The maximum absolute atomic E-state index is 12.3. The first-order valence-electron chi connectivity index (χ1n) is 21.9. The van der Waals surface area contributed by atoms with Crippen molar-refractivity contribution in [3.63, 3.8) is 0 Å². The standard InChI is InChI=1S/2C22H29NO2.C10H8O3S.2ClH.H2O/c2*1-5-21(24)25-22(18(2)17-23(3)4,20-14-10-7-11-15-20)16-19-12-8-6-9-13-19;11-14(12,13)10-6-5-8-3-1-2-4-9(8)7-10;;;/h2*6-15,18H,5,16-17H2,1-4H3;1-7H,(H,11,12,13);2*1H;1H2/t2*18-,22+;;;;/m11..../s1. The van der Waals surface area contributed by atoms with Gasteiger partial charge in [-0.25, -0.2) is 0 Å². The lowest BCUT2D eigenvalue weighted by molar-refractivity contribution is -0.169. The molecule has 0 amide bonds. The molecule has 0 saturated carbocycles. The summed E-state index contributed by atoms with van der Waals surface area (Å²) in [5.74, 6) is -0.0445. The quantitative estimate of drug-likeness (QED) is 0.0697. The van der Waals surface area contributed by atoms with Crippen LogP contribution < -0.4 is 0 Å². The van der Waals surface area contributed by atoms with Crippen LogP contribution in [0.5, 0.6) is 0 Å². The topological polar surface area (TPSA) is 145 Å². The van der Waals surface area contributed by atoms with Gasteiger partial charge in [0.05, 0.1) is 4.90 Å². The van der Waals surface area contributed by atoms with E-state index in [2.05, 4.69) is 100 Å². The third kappa shape index (κ3) is 17.8. The van der Waals surface area contributed by atoms with Gasteiger partial charge in [-0.15, -0.1) is 24.8 Å². The molecule has 364 valence electrons. The molecule has 13 heteroatoms. The van der Waals surface area contributed by atoms with Gasteiger partial charge in [0.15, 0.2) is 0 Å². The number of carbonyl (C=O) groups is 2. The van der Waals surface area contributed by atoms with E-state index in [-0.39, 0.29) is 59.0 Å². The van der Waals surface area contributed by atoms with Gasteiger partial charge in [0.25, 0.3) is 10.1 Å². The van der Waals surface area contributed by atoms with Crippen LogP contribution in [0.2, 0.25) is 0 Å². The van der Waals surface area contributed by atoms with Gasteiger partial charge < -0.3 is 24.7 Å². The van der Waals surface area contributed by atoms with Crippen LogP contribution in [0.4, 0.5) is 0 Å². The van der Waals surface area contributed by atoms with Crippen molar-refractivity contribution in [2.45, 2.75) is 69.5 Å². The number of ether oxygens (including phenoxy) is 2. The van der Waals surface area contributed by atoms with E-state index in [4.69, 9.17) is 14.0 Å². The van der Waals surface area contributed by atoms with E-state index in [1.165, 1.54) is 23.3 Å². The zero-order valence-electron chi connectivity index (χ0n) is 40.0. The summed E-state index contributed by atoms with van der Waals surface area (Å²) >= 11 is 0. The van der Waals surface area contributed by atoms with Gasteiger partial charge in [-0.2, -0.15) is 8.42 Å². The Morgan fingerprint density at radius 3 is 1.19 bits per heavy atom. The summed E-state index contributed by atoms with van der Waals surface area (Å²) in [6.45, 7) is 9.68. The molecule has 3 N–H and O–H groups in total. The molecular weight excluding hydrogens is 908 g/mol. The molecule has 6 rings (SSSR count). The molecule has 6 aromatic rings. The molecule has 0 radical (unpaired) electrons. The highest BCUT2D eigenvalue weighted by atomic mass is 35.5. The lowest BCUT2D eigenvalue weighted by Gasteiger charge is -2.40. The van der Waals surface area contributed by atoms with Gasteiger partial charge in [-0.05, 0) is 73.3 Å². The molecule has 4 atom stereocenters. The third-order valence-electron chi connectivity index (χ3n) is 11.2.